The number of benzene rings is 3. The molecule has 6 rings (SSSR count). The lowest BCUT2D eigenvalue weighted by Gasteiger charge is -2.25. The average molecular weight is 442 g/mol. The van der Waals surface area contributed by atoms with Crippen LogP contribution in [-0.2, 0) is 0 Å². The van der Waals surface area contributed by atoms with Gasteiger partial charge < -0.3 is 0 Å². The summed E-state index contributed by atoms with van der Waals surface area (Å²) >= 11 is 0. The van der Waals surface area contributed by atoms with Gasteiger partial charge in [-0.2, -0.15) is 0 Å². The van der Waals surface area contributed by atoms with E-state index in [0.29, 0.717) is 5.92 Å². The van der Waals surface area contributed by atoms with Crippen LogP contribution in [0.25, 0.3) is 44.7 Å². The zero-order valence-corrected chi connectivity index (χ0v) is 19.2. The van der Waals surface area contributed by atoms with Gasteiger partial charge in [0.25, 0.3) is 0 Å². The predicted molar refractivity (Wildman–Crippen MR) is 139 cm³/mol. The summed E-state index contributed by atoms with van der Waals surface area (Å²) in [6, 6.07) is 31.5. The van der Waals surface area contributed by atoms with Gasteiger partial charge in [-0.15, -0.1) is 0 Å². The minimum Gasteiger partial charge on any atom is -0.255 e. The van der Waals surface area contributed by atoms with Crippen LogP contribution in [0.2, 0.25) is 0 Å². The number of hydrogen-bond acceptors (Lipinski definition) is 3. The number of aromatic nitrogens is 3. The minimum atomic E-state index is 0.419. The molecule has 1 aliphatic rings. The fraction of sp³-hybridized carbons (Fsp3) is 0.194. The maximum absolute atomic E-state index is 5.41. The van der Waals surface area contributed by atoms with Crippen molar-refractivity contribution in [2.45, 2.75) is 38.0 Å². The molecule has 0 spiro atoms. The van der Waals surface area contributed by atoms with Gasteiger partial charge in [-0.25, -0.2) is 9.97 Å². The summed E-state index contributed by atoms with van der Waals surface area (Å²) in [7, 11) is 0. The van der Waals surface area contributed by atoms with Crippen LogP contribution in [0.4, 0.5) is 0 Å². The second kappa shape index (κ2) is 9.18. The van der Waals surface area contributed by atoms with Crippen LogP contribution in [0, 0.1) is 0 Å². The molecule has 0 unspecified atom stereocenters. The Labute approximate surface area is 200 Å². The minimum absolute atomic E-state index is 0.419. The molecule has 3 nitrogen and oxygen atoms in total. The number of rotatable bonds is 4. The average Bonchev–Trinajstić information content (AvgIpc) is 2.93. The summed E-state index contributed by atoms with van der Waals surface area (Å²) in [4.78, 5) is 15.5. The zero-order chi connectivity index (χ0) is 22.7. The highest BCUT2D eigenvalue weighted by molar-refractivity contribution is 5.97. The molecular weight excluding hydrogens is 414 g/mol. The standard InChI is InChI=1S/C31H27N3/c1-3-13-23(14-4-1)28-30(26-19-11-17-22-12-7-8-18-25(22)26)33-29(24-15-5-2-6-16-24)31(34-28)27-20-9-10-21-32-27/h2,5-12,15-21,23H,1,3-4,13-14H2. The summed E-state index contributed by atoms with van der Waals surface area (Å²) in [5, 5.41) is 2.45. The molecular formula is C31H27N3. The van der Waals surface area contributed by atoms with Crippen molar-refractivity contribution < 1.29 is 0 Å². The Hall–Kier alpha value is -3.85. The van der Waals surface area contributed by atoms with Crippen molar-refractivity contribution in [1.29, 1.82) is 0 Å². The van der Waals surface area contributed by atoms with Gasteiger partial charge in [-0.1, -0.05) is 98.1 Å². The number of nitrogens with zero attached hydrogens (tertiary/aromatic N) is 3. The Morgan fingerprint density at radius 2 is 1.35 bits per heavy atom. The molecule has 0 saturated heterocycles. The Kier molecular flexibility index (Phi) is 5.60. The maximum Gasteiger partial charge on any atom is 0.115 e. The highest BCUT2D eigenvalue weighted by Crippen LogP contribution is 2.41. The molecule has 0 atom stereocenters. The van der Waals surface area contributed by atoms with E-state index in [9.17, 15) is 0 Å². The van der Waals surface area contributed by atoms with Gasteiger partial charge in [0.2, 0.25) is 0 Å². The van der Waals surface area contributed by atoms with Gasteiger partial charge in [0, 0.05) is 23.2 Å². The Morgan fingerprint density at radius 3 is 2.18 bits per heavy atom. The first kappa shape index (κ1) is 20.7. The molecule has 1 aliphatic carbocycles. The van der Waals surface area contributed by atoms with E-state index in [2.05, 4.69) is 71.7 Å². The summed E-state index contributed by atoms with van der Waals surface area (Å²) in [6.07, 6.45) is 7.98. The lowest BCUT2D eigenvalue weighted by Crippen LogP contribution is -2.12. The van der Waals surface area contributed by atoms with Crippen molar-refractivity contribution in [3.05, 3.63) is 103 Å². The molecule has 1 saturated carbocycles. The van der Waals surface area contributed by atoms with Gasteiger partial charge in [0.05, 0.1) is 22.8 Å². The second-order valence-corrected chi connectivity index (χ2v) is 9.10. The van der Waals surface area contributed by atoms with Crippen LogP contribution in [0.15, 0.2) is 97.2 Å². The van der Waals surface area contributed by atoms with E-state index >= 15 is 0 Å². The van der Waals surface area contributed by atoms with Gasteiger partial charge in [-0.3, -0.25) is 4.98 Å². The molecule has 1 fully saturated rings. The van der Waals surface area contributed by atoms with Crippen molar-refractivity contribution >= 4 is 10.8 Å². The third-order valence-electron chi connectivity index (χ3n) is 6.91. The smallest absolute Gasteiger partial charge is 0.115 e. The second-order valence-electron chi connectivity index (χ2n) is 9.10. The zero-order valence-electron chi connectivity index (χ0n) is 19.2. The summed E-state index contributed by atoms with van der Waals surface area (Å²) in [6.45, 7) is 0. The van der Waals surface area contributed by atoms with E-state index in [1.165, 1.54) is 42.9 Å². The normalized spacial score (nSPS) is 14.4. The van der Waals surface area contributed by atoms with Crippen LogP contribution in [0.1, 0.15) is 43.7 Å². The summed E-state index contributed by atoms with van der Waals surface area (Å²) in [5.74, 6) is 0.419. The number of fused-ring (bicyclic) bond motifs is 1. The van der Waals surface area contributed by atoms with E-state index in [-0.39, 0.29) is 0 Å². The Balaban J connectivity index is 1.67. The van der Waals surface area contributed by atoms with Gasteiger partial charge in [0.15, 0.2) is 0 Å². The molecule has 0 amide bonds. The molecule has 34 heavy (non-hydrogen) atoms. The van der Waals surface area contributed by atoms with Gasteiger partial charge in [0.1, 0.15) is 5.69 Å². The Bertz CT molecular complexity index is 1420. The lowest BCUT2D eigenvalue weighted by molar-refractivity contribution is 0.437. The van der Waals surface area contributed by atoms with Crippen LogP contribution in [-0.4, -0.2) is 15.0 Å². The molecule has 0 bridgehead atoms. The van der Waals surface area contributed by atoms with E-state index in [1.807, 2.05) is 30.5 Å². The van der Waals surface area contributed by atoms with Crippen molar-refractivity contribution in [2.75, 3.05) is 0 Å². The van der Waals surface area contributed by atoms with Crippen LogP contribution in [0.5, 0.6) is 0 Å². The topological polar surface area (TPSA) is 38.7 Å². The predicted octanol–water partition coefficient (Wildman–Crippen LogP) is 8.07. The largest absolute Gasteiger partial charge is 0.255 e. The monoisotopic (exact) mass is 441 g/mol. The number of hydrogen-bond donors (Lipinski definition) is 0. The van der Waals surface area contributed by atoms with E-state index in [1.54, 1.807) is 0 Å². The lowest BCUT2D eigenvalue weighted by atomic mass is 9.84. The van der Waals surface area contributed by atoms with Crippen LogP contribution >= 0.6 is 0 Å². The third-order valence-corrected chi connectivity index (χ3v) is 6.91. The molecule has 166 valence electrons. The van der Waals surface area contributed by atoms with Gasteiger partial charge in [-0.05, 0) is 35.7 Å². The molecule has 5 aromatic rings. The van der Waals surface area contributed by atoms with Crippen molar-refractivity contribution in [1.82, 2.24) is 15.0 Å². The molecule has 2 aromatic heterocycles. The number of pyridine rings is 1. The molecule has 0 radical (unpaired) electrons. The van der Waals surface area contributed by atoms with Crippen molar-refractivity contribution in [3.8, 4) is 33.9 Å². The van der Waals surface area contributed by atoms with Gasteiger partial charge >= 0.3 is 0 Å². The fourth-order valence-corrected chi connectivity index (χ4v) is 5.22. The first-order valence-electron chi connectivity index (χ1n) is 12.3. The maximum atomic E-state index is 5.41. The van der Waals surface area contributed by atoms with Crippen LogP contribution < -0.4 is 0 Å². The van der Waals surface area contributed by atoms with Crippen LogP contribution in [0.3, 0.4) is 0 Å². The van der Waals surface area contributed by atoms with Crippen molar-refractivity contribution in [3.63, 3.8) is 0 Å². The summed E-state index contributed by atoms with van der Waals surface area (Å²) < 4.78 is 0. The molecule has 0 N–H and O–H groups in total. The SMILES string of the molecule is c1ccc(-c2nc(-c3cccc4ccccc34)c(C3CCCCC3)nc2-c2ccccn2)cc1. The Morgan fingerprint density at radius 1 is 0.588 bits per heavy atom. The highest BCUT2D eigenvalue weighted by atomic mass is 14.9. The summed E-state index contributed by atoms with van der Waals surface area (Å²) in [5.41, 5.74) is 7.00. The molecule has 2 heterocycles. The quantitative estimate of drug-likeness (QED) is 0.283. The van der Waals surface area contributed by atoms with Crippen molar-refractivity contribution in [2.24, 2.45) is 0 Å². The van der Waals surface area contributed by atoms with E-state index < -0.39 is 0 Å². The molecule has 3 aromatic carbocycles. The first-order valence-corrected chi connectivity index (χ1v) is 12.3. The van der Waals surface area contributed by atoms with E-state index in [0.717, 1.165) is 39.6 Å². The molecule has 0 aliphatic heterocycles. The third kappa shape index (κ3) is 3.88. The highest BCUT2D eigenvalue weighted by Gasteiger charge is 2.26. The fourth-order valence-electron chi connectivity index (χ4n) is 5.22. The first-order chi connectivity index (χ1) is 16.9. The molecule has 3 heteroatoms. The van der Waals surface area contributed by atoms with E-state index in [4.69, 9.17) is 9.97 Å².